The highest BCUT2D eigenvalue weighted by atomic mass is 16.6. The SMILES string of the molecule is O=C(CCNC(=O)c1ccc([N+](=O)[O-])cc1)N[C@H]1CCc2ccccc21. The summed E-state index contributed by atoms with van der Waals surface area (Å²) in [7, 11) is 0. The lowest BCUT2D eigenvalue weighted by Gasteiger charge is -2.14. The lowest BCUT2D eigenvalue weighted by atomic mass is 10.1. The van der Waals surface area contributed by atoms with Crippen LogP contribution in [0.1, 0.15) is 40.4 Å². The zero-order chi connectivity index (χ0) is 18.5. The summed E-state index contributed by atoms with van der Waals surface area (Å²) < 4.78 is 0. The first-order chi connectivity index (χ1) is 12.5. The van der Waals surface area contributed by atoms with E-state index in [0.29, 0.717) is 5.56 Å². The smallest absolute Gasteiger partial charge is 0.269 e. The summed E-state index contributed by atoms with van der Waals surface area (Å²) in [5.74, 6) is -0.477. The number of fused-ring (bicyclic) bond motifs is 1. The van der Waals surface area contributed by atoms with Gasteiger partial charge in [0.2, 0.25) is 5.91 Å². The third-order valence-corrected chi connectivity index (χ3v) is 4.45. The van der Waals surface area contributed by atoms with Gasteiger partial charge in [0, 0.05) is 30.7 Å². The third-order valence-electron chi connectivity index (χ3n) is 4.45. The van der Waals surface area contributed by atoms with Crippen LogP contribution in [0, 0.1) is 10.1 Å². The molecule has 0 saturated heterocycles. The summed E-state index contributed by atoms with van der Waals surface area (Å²) in [5, 5.41) is 16.3. The first-order valence-electron chi connectivity index (χ1n) is 8.44. The fraction of sp³-hybridized carbons (Fsp3) is 0.263. The van der Waals surface area contributed by atoms with Crippen LogP contribution in [-0.4, -0.2) is 23.3 Å². The Labute approximate surface area is 150 Å². The molecule has 0 unspecified atom stereocenters. The Morgan fingerprint density at radius 3 is 2.58 bits per heavy atom. The molecule has 1 atom stereocenters. The fourth-order valence-electron chi connectivity index (χ4n) is 3.10. The maximum atomic E-state index is 12.1. The topological polar surface area (TPSA) is 101 Å². The molecule has 7 heteroatoms. The van der Waals surface area contributed by atoms with Gasteiger partial charge in [0.25, 0.3) is 11.6 Å². The van der Waals surface area contributed by atoms with E-state index in [2.05, 4.69) is 16.7 Å². The van der Waals surface area contributed by atoms with Gasteiger partial charge in [-0.25, -0.2) is 0 Å². The molecule has 2 aromatic rings. The Morgan fingerprint density at radius 1 is 1.12 bits per heavy atom. The van der Waals surface area contributed by atoms with Gasteiger partial charge in [-0.15, -0.1) is 0 Å². The Balaban J connectivity index is 1.45. The zero-order valence-electron chi connectivity index (χ0n) is 14.1. The number of nitro groups is 1. The van der Waals surface area contributed by atoms with E-state index in [1.54, 1.807) is 0 Å². The number of nitro benzene ring substituents is 1. The van der Waals surface area contributed by atoms with Gasteiger partial charge in [-0.1, -0.05) is 24.3 Å². The van der Waals surface area contributed by atoms with E-state index in [1.807, 2.05) is 18.2 Å². The lowest BCUT2D eigenvalue weighted by Crippen LogP contribution is -2.32. The number of nitrogens with one attached hydrogen (secondary N) is 2. The van der Waals surface area contributed by atoms with Crippen molar-refractivity contribution in [2.24, 2.45) is 0 Å². The van der Waals surface area contributed by atoms with Crippen molar-refractivity contribution in [1.29, 1.82) is 0 Å². The molecule has 0 heterocycles. The molecule has 134 valence electrons. The summed E-state index contributed by atoms with van der Waals surface area (Å²) in [6.45, 7) is 0.204. The average molecular weight is 353 g/mol. The highest BCUT2D eigenvalue weighted by Gasteiger charge is 2.23. The van der Waals surface area contributed by atoms with E-state index in [0.717, 1.165) is 18.4 Å². The molecule has 0 aliphatic heterocycles. The molecule has 3 rings (SSSR count). The Hall–Kier alpha value is -3.22. The van der Waals surface area contributed by atoms with E-state index in [1.165, 1.54) is 29.8 Å². The molecule has 0 spiro atoms. The van der Waals surface area contributed by atoms with Crippen molar-refractivity contribution in [3.05, 3.63) is 75.3 Å². The molecule has 26 heavy (non-hydrogen) atoms. The second kappa shape index (κ2) is 7.77. The van der Waals surface area contributed by atoms with Crippen LogP contribution >= 0.6 is 0 Å². The number of hydrogen-bond acceptors (Lipinski definition) is 4. The second-order valence-corrected chi connectivity index (χ2v) is 6.17. The van der Waals surface area contributed by atoms with E-state index in [9.17, 15) is 19.7 Å². The highest BCUT2D eigenvalue weighted by Crippen LogP contribution is 2.30. The van der Waals surface area contributed by atoms with Crippen molar-refractivity contribution >= 4 is 17.5 Å². The first-order valence-corrected chi connectivity index (χ1v) is 8.44. The van der Waals surface area contributed by atoms with Crippen LogP contribution in [0.2, 0.25) is 0 Å². The average Bonchev–Trinajstić information content (AvgIpc) is 3.04. The van der Waals surface area contributed by atoms with Gasteiger partial charge >= 0.3 is 0 Å². The quantitative estimate of drug-likeness (QED) is 0.615. The van der Waals surface area contributed by atoms with Gasteiger partial charge in [-0.3, -0.25) is 19.7 Å². The van der Waals surface area contributed by atoms with Gasteiger partial charge in [0.15, 0.2) is 0 Å². The number of amides is 2. The van der Waals surface area contributed by atoms with Crippen LogP contribution in [0.25, 0.3) is 0 Å². The van der Waals surface area contributed by atoms with Crippen molar-refractivity contribution < 1.29 is 14.5 Å². The summed E-state index contributed by atoms with van der Waals surface area (Å²) in [4.78, 5) is 34.2. The van der Waals surface area contributed by atoms with Crippen LogP contribution in [0.5, 0.6) is 0 Å². The van der Waals surface area contributed by atoms with Crippen LogP contribution < -0.4 is 10.6 Å². The molecule has 1 aliphatic rings. The number of hydrogen-bond donors (Lipinski definition) is 2. The zero-order valence-corrected chi connectivity index (χ0v) is 14.1. The number of rotatable bonds is 6. The molecule has 0 saturated carbocycles. The molecule has 0 fully saturated rings. The number of benzene rings is 2. The molecule has 2 amide bonds. The number of nitrogens with zero attached hydrogens (tertiary/aromatic N) is 1. The minimum atomic E-state index is -0.521. The minimum Gasteiger partial charge on any atom is -0.352 e. The van der Waals surface area contributed by atoms with E-state index in [-0.39, 0.29) is 36.5 Å². The van der Waals surface area contributed by atoms with Gasteiger partial charge < -0.3 is 10.6 Å². The number of carbonyl (C=O) groups excluding carboxylic acids is 2. The van der Waals surface area contributed by atoms with Crippen LogP contribution in [0.4, 0.5) is 5.69 Å². The molecule has 0 bridgehead atoms. The predicted molar refractivity (Wildman–Crippen MR) is 95.7 cm³/mol. The van der Waals surface area contributed by atoms with Gasteiger partial charge in [-0.2, -0.15) is 0 Å². The Bertz CT molecular complexity index is 833. The molecular formula is C19H19N3O4. The van der Waals surface area contributed by atoms with Crippen molar-refractivity contribution in [3.63, 3.8) is 0 Å². The summed E-state index contributed by atoms with van der Waals surface area (Å²) in [5.41, 5.74) is 2.68. The molecule has 2 N–H and O–H groups in total. The number of carbonyl (C=O) groups is 2. The highest BCUT2D eigenvalue weighted by molar-refractivity contribution is 5.94. The van der Waals surface area contributed by atoms with Crippen molar-refractivity contribution in [3.8, 4) is 0 Å². The first kappa shape index (κ1) is 17.6. The molecule has 0 radical (unpaired) electrons. The van der Waals surface area contributed by atoms with Crippen molar-refractivity contribution in [1.82, 2.24) is 10.6 Å². The Kier molecular flexibility index (Phi) is 5.26. The summed E-state index contributed by atoms with van der Waals surface area (Å²) in [6, 6.07) is 13.4. The normalized spacial score (nSPS) is 15.2. The second-order valence-electron chi connectivity index (χ2n) is 6.17. The Morgan fingerprint density at radius 2 is 1.85 bits per heavy atom. The van der Waals surface area contributed by atoms with Crippen LogP contribution in [0.15, 0.2) is 48.5 Å². The molecule has 1 aliphatic carbocycles. The maximum Gasteiger partial charge on any atom is 0.269 e. The summed E-state index contributed by atoms with van der Waals surface area (Å²) >= 11 is 0. The number of aryl methyl sites for hydroxylation is 1. The van der Waals surface area contributed by atoms with E-state index in [4.69, 9.17) is 0 Å². The van der Waals surface area contributed by atoms with Crippen LogP contribution in [-0.2, 0) is 11.2 Å². The predicted octanol–water partition coefficient (Wildman–Crippen LogP) is 2.52. The standard InChI is InChI=1S/C19H19N3O4/c23-18(21-17-10-7-13-3-1-2-4-16(13)17)11-12-20-19(24)14-5-8-15(9-6-14)22(25)26/h1-6,8-9,17H,7,10-12H2,(H,20,24)(H,21,23)/t17-/m0/s1. The molecule has 7 nitrogen and oxygen atoms in total. The van der Waals surface area contributed by atoms with E-state index >= 15 is 0 Å². The lowest BCUT2D eigenvalue weighted by molar-refractivity contribution is -0.384. The van der Waals surface area contributed by atoms with Crippen molar-refractivity contribution in [2.75, 3.05) is 6.54 Å². The summed E-state index contributed by atoms with van der Waals surface area (Å²) in [6.07, 6.45) is 2.02. The van der Waals surface area contributed by atoms with Gasteiger partial charge in [0.1, 0.15) is 0 Å². The third kappa shape index (κ3) is 4.05. The maximum absolute atomic E-state index is 12.1. The van der Waals surface area contributed by atoms with Gasteiger partial charge in [0.05, 0.1) is 11.0 Å². The van der Waals surface area contributed by atoms with Crippen LogP contribution in [0.3, 0.4) is 0 Å². The van der Waals surface area contributed by atoms with Gasteiger partial charge in [-0.05, 0) is 36.1 Å². The minimum absolute atomic E-state index is 0.0316. The molecular weight excluding hydrogens is 334 g/mol. The van der Waals surface area contributed by atoms with Crippen molar-refractivity contribution in [2.45, 2.75) is 25.3 Å². The molecule has 2 aromatic carbocycles. The number of non-ortho nitro benzene ring substituents is 1. The molecule has 0 aromatic heterocycles. The largest absolute Gasteiger partial charge is 0.352 e. The monoisotopic (exact) mass is 353 g/mol. The fourth-order valence-corrected chi connectivity index (χ4v) is 3.10. The van der Waals surface area contributed by atoms with E-state index < -0.39 is 4.92 Å².